The molecule has 3 aromatic carbocycles. The maximum absolute atomic E-state index is 12.7. The third kappa shape index (κ3) is 6.32. The molecular weight excluding hydrogens is 430 g/mol. The molecular formula is C23H23N3O5S. The van der Waals surface area contributed by atoms with E-state index in [0.717, 1.165) is 11.9 Å². The van der Waals surface area contributed by atoms with Gasteiger partial charge < -0.3 is 15.4 Å². The Morgan fingerprint density at radius 1 is 0.781 bits per heavy atom. The SMILES string of the molecule is CNc1ccc(Oc2ccc(NC(=O)c3cc(NS(C)(=O)=O)cc(C(C)=O)c3)cc2)cc1. The highest BCUT2D eigenvalue weighted by Gasteiger charge is 2.13. The minimum Gasteiger partial charge on any atom is -0.457 e. The molecule has 0 aliphatic carbocycles. The summed E-state index contributed by atoms with van der Waals surface area (Å²) in [6, 6.07) is 18.4. The lowest BCUT2D eigenvalue weighted by Gasteiger charge is -2.11. The third-order valence-electron chi connectivity index (χ3n) is 4.40. The van der Waals surface area contributed by atoms with E-state index >= 15 is 0 Å². The highest BCUT2D eigenvalue weighted by atomic mass is 32.2. The van der Waals surface area contributed by atoms with Crippen LogP contribution in [0.15, 0.2) is 66.7 Å². The van der Waals surface area contributed by atoms with Crippen molar-refractivity contribution in [3.63, 3.8) is 0 Å². The van der Waals surface area contributed by atoms with Gasteiger partial charge in [0.1, 0.15) is 11.5 Å². The van der Waals surface area contributed by atoms with Crippen molar-refractivity contribution >= 4 is 38.8 Å². The Bertz CT molecular complexity index is 1240. The van der Waals surface area contributed by atoms with Crippen molar-refractivity contribution in [2.75, 3.05) is 28.7 Å². The lowest BCUT2D eigenvalue weighted by Crippen LogP contribution is -2.15. The summed E-state index contributed by atoms with van der Waals surface area (Å²) < 4.78 is 31.2. The van der Waals surface area contributed by atoms with Crippen molar-refractivity contribution in [3.05, 3.63) is 77.9 Å². The standard InChI is InChI=1S/C23H23N3O5S/c1-15(27)16-12-17(14-20(13-16)26-32(3,29)30)23(28)25-19-6-10-22(11-7-19)31-21-8-4-18(24-2)5-9-21/h4-14,24,26H,1-3H3,(H,25,28). The second-order valence-corrected chi connectivity index (χ2v) is 8.83. The molecule has 9 heteroatoms. The normalized spacial score (nSPS) is 10.8. The fourth-order valence-corrected chi connectivity index (χ4v) is 3.42. The van der Waals surface area contributed by atoms with Gasteiger partial charge in [0.05, 0.1) is 6.26 Å². The van der Waals surface area contributed by atoms with Gasteiger partial charge in [-0.1, -0.05) is 0 Å². The van der Waals surface area contributed by atoms with E-state index in [9.17, 15) is 18.0 Å². The van der Waals surface area contributed by atoms with Gasteiger partial charge in [-0.15, -0.1) is 0 Å². The van der Waals surface area contributed by atoms with Gasteiger partial charge in [0.2, 0.25) is 10.0 Å². The van der Waals surface area contributed by atoms with E-state index < -0.39 is 15.9 Å². The summed E-state index contributed by atoms with van der Waals surface area (Å²) in [6.07, 6.45) is 0.992. The first-order chi connectivity index (χ1) is 15.1. The number of carbonyl (C=O) groups excluding carboxylic acids is 2. The molecule has 0 bridgehead atoms. The number of anilines is 3. The molecule has 0 unspecified atom stereocenters. The Labute approximate surface area is 186 Å². The molecule has 0 fully saturated rings. The molecule has 3 aromatic rings. The number of nitrogens with one attached hydrogen (secondary N) is 3. The number of Topliss-reactive ketones (excluding diaryl/α,β-unsaturated/α-hetero) is 1. The number of hydrogen-bond acceptors (Lipinski definition) is 6. The maximum Gasteiger partial charge on any atom is 0.255 e. The summed E-state index contributed by atoms with van der Waals surface area (Å²) in [7, 11) is -1.73. The molecule has 0 aliphatic heterocycles. The van der Waals surface area contributed by atoms with Gasteiger partial charge in [-0.3, -0.25) is 14.3 Å². The van der Waals surface area contributed by atoms with E-state index in [4.69, 9.17) is 4.74 Å². The first-order valence-electron chi connectivity index (χ1n) is 9.64. The van der Waals surface area contributed by atoms with E-state index in [1.807, 2.05) is 31.3 Å². The smallest absolute Gasteiger partial charge is 0.255 e. The van der Waals surface area contributed by atoms with E-state index in [-0.39, 0.29) is 22.6 Å². The molecule has 0 aliphatic rings. The topological polar surface area (TPSA) is 114 Å². The van der Waals surface area contributed by atoms with Gasteiger partial charge in [0.15, 0.2) is 5.78 Å². The van der Waals surface area contributed by atoms with Crippen LogP contribution in [0.5, 0.6) is 11.5 Å². The van der Waals surface area contributed by atoms with Crippen LogP contribution in [0.4, 0.5) is 17.1 Å². The van der Waals surface area contributed by atoms with Gasteiger partial charge in [0.25, 0.3) is 5.91 Å². The molecule has 8 nitrogen and oxygen atoms in total. The number of ether oxygens (including phenoxy) is 1. The molecule has 0 aromatic heterocycles. The fourth-order valence-electron chi connectivity index (χ4n) is 2.87. The second-order valence-electron chi connectivity index (χ2n) is 7.08. The first-order valence-corrected chi connectivity index (χ1v) is 11.5. The first kappa shape index (κ1) is 22.8. The zero-order valence-corrected chi connectivity index (χ0v) is 18.6. The number of hydrogen-bond donors (Lipinski definition) is 3. The van der Waals surface area contributed by atoms with Gasteiger partial charge in [-0.2, -0.15) is 0 Å². The van der Waals surface area contributed by atoms with Gasteiger partial charge >= 0.3 is 0 Å². The minimum atomic E-state index is -3.57. The molecule has 0 saturated carbocycles. The van der Waals surface area contributed by atoms with E-state index in [2.05, 4.69) is 15.4 Å². The summed E-state index contributed by atoms with van der Waals surface area (Å²) in [5.41, 5.74) is 1.99. The van der Waals surface area contributed by atoms with Crippen LogP contribution in [0.25, 0.3) is 0 Å². The maximum atomic E-state index is 12.7. The van der Waals surface area contributed by atoms with Crippen molar-refractivity contribution in [2.24, 2.45) is 0 Å². The van der Waals surface area contributed by atoms with E-state index in [0.29, 0.717) is 17.2 Å². The van der Waals surface area contributed by atoms with Crippen LogP contribution in [0.2, 0.25) is 0 Å². The van der Waals surface area contributed by atoms with Gasteiger partial charge in [0, 0.05) is 35.2 Å². The van der Waals surface area contributed by atoms with Crippen LogP contribution in [-0.2, 0) is 10.0 Å². The fraction of sp³-hybridized carbons (Fsp3) is 0.130. The quantitative estimate of drug-likeness (QED) is 0.437. The summed E-state index contributed by atoms with van der Waals surface area (Å²) in [5, 5.41) is 5.76. The Morgan fingerprint density at radius 2 is 1.31 bits per heavy atom. The van der Waals surface area contributed by atoms with Gasteiger partial charge in [-0.25, -0.2) is 8.42 Å². The number of rotatable bonds is 8. The van der Waals surface area contributed by atoms with Crippen LogP contribution >= 0.6 is 0 Å². The Morgan fingerprint density at radius 3 is 1.81 bits per heavy atom. The lowest BCUT2D eigenvalue weighted by atomic mass is 10.1. The summed E-state index contributed by atoms with van der Waals surface area (Å²) >= 11 is 0. The third-order valence-corrected chi connectivity index (χ3v) is 5.00. The highest BCUT2D eigenvalue weighted by molar-refractivity contribution is 7.92. The van der Waals surface area contributed by atoms with E-state index in [1.54, 1.807) is 24.3 Å². The highest BCUT2D eigenvalue weighted by Crippen LogP contribution is 2.25. The molecule has 0 atom stereocenters. The van der Waals surface area contributed by atoms with Crippen molar-refractivity contribution < 1.29 is 22.7 Å². The van der Waals surface area contributed by atoms with Crippen LogP contribution in [-0.4, -0.2) is 33.4 Å². The van der Waals surface area contributed by atoms with Crippen molar-refractivity contribution in [1.82, 2.24) is 0 Å². The van der Waals surface area contributed by atoms with Crippen molar-refractivity contribution in [3.8, 4) is 11.5 Å². The monoisotopic (exact) mass is 453 g/mol. The van der Waals surface area contributed by atoms with Crippen LogP contribution in [0.3, 0.4) is 0 Å². The average molecular weight is 454 g/mol. The summed E-state index contributed by atoms with van der Waals surface area (Å²) in [5.74, 6) is 0.493. The molecule has 3 N–H and O–H groups in total. The Kier molecular flexibility index (Phi) is 6.79. The molecule has 32 heavy (non-hydrogen) atoms. The second kappa shape index (κ2) is 9.52. The average Bonchev–Trinajstić information content (AvgIpc) is 2.74. The molecule has 0 spiro atoms. The number of sulfonamides is 1. The number of benzene rings is 3. The molecule has 0 heterocycles. The number of carbonyl (C=O) groups is 2. The Balaban J connectivity index is 1.74. The molecule has 166 valence electrons. The molecule has 3 rings (SSSR count). The number of amides is 1. The molecule has 0 radical (unpaired) electrons. The summed E-state index contributed by atoms with van der Waals surface area (Å²) in [4.78, 5) is 24.5. The lowest BCUT2D eigenvalue weighted by molar-refractivity contribution is 0.101. The minimum absolute atomic E-state index is 0.137. The predicted molar refractivity (Wildman–Crippen MR) is 125 cm³/mol. The zero-order chi connectivity index (χ0) is 23.3. The van der Waals surface area contributed by atoms with Crippen LogP contribution in [0, 0.1) is 0 Å². The van der Waals surface area contributed by atoms with Crippen molar-refractivity contribution in [2.45, 2.75) is 6.92 Å². The van der Waals surface area contributed by atoms with Crippen LogP contribution < -0.4 is 20.1 Å². The largest absolute Gasteiger partial charge is 0.457 e. The Hall–Kier alpha value is -3.85. The zero-order valence-electron chi connectivity index (χ0n) is 17.8. The van der Waals surface area contributed by atoms with Gasteiger partial charge in [-0.05, 0) is 73.7 Å². The summed E-state index contributed by atoms with van der Waals surface area (Å²) in [6.45, 7) is 1.34. The molecule has 1 amide bonds. The molecule has 0 saturated heterocycles. The van der Waals surface area contributed by atoms with Crippen LogP contribution in [0.1, 0.15) is 27.6 Å². The van der Waals surface area contributed by atoms with Crippen molar-refractivity contribution in [1.29, 1.82) is 0 Å². The van der Waals surface area contributed by atoms with E-state index in [1.165, 1.54) is 25.1 Å². The predicted octanol–water partition coefficient (Wildman–Crippen LogP) is 4.35. The number of ketones is 1.